The Balaban J connectivity index is 1.63. The number of piperazine rings is 1. The number of carbonyl (C=O) groups is 1. The molecule has 6 heteroatoms. The van der Waals surface area contributed by atoms with Gasteiger partial charge in [-0.05, 0) is 18.9 Å². The molecule has 0 atom stereocenters. The van der Waals surface area contributed by atoms with E-state index in [-0.39, 0.29) is 5.91 Å². The quantitative estimate of drug-likeness (QED) is 0.783. The topological polar surface area (TPSA) is 36.4 Å². The van der Waals surface area contributed by atoms with E-state index in [2.05, 4.69) is 9.88 Å². The molecular formula is C15H19Cl2N3O. The molecule has 2 heterocycles. The van der Waals surface area contributed by atoms with Gasteiger partial charge in [-0.1, -0.05) is 36.0 Å². The molecule has 0 N–H and O–H groups in total. The molecule has 4 nitrogen and oxygen atoms in total. The monoisotopic (exact) mass is 327 g/mol. The van der Waals surface area contributed by atoms with E-state index in [4.69, 9.17) is 23.2 Å². The van der Waals surface area contributed by atoms with Crippen LogP contribution in [0.5, 0.6) is 0 Å². The van der Waals surface area contributed by atoms with Gasteiger partial charge in [-0.3, -0.25) is 9.69 Å². The van der Waals surface area contributed by atoms with E-state index in [9.17, 15) is 4.79 Å². The average Bonchev–Trinajstić information content (AvgIpc) is 3.03. The van der Waals surface area contributed by atoms with Crippen molar-refractivity contribution in [2.45, 2.75) is 31.7 Å². The van der Waals surface area contributed by atoms with Crippen molar-refractivity contribution in [3.8, 4) is 0 Å². The molecule has 1 saturated carbocycles. The molecule has 3 rings (SSSR count). The molecule has 0 unspecified atom stereocenters. The van der Waals surface area contributed by atoms with E-state index in [1.807, 2.05) is 4.90 Å². The number of amides is 1. The number of rotatable bonds is 2. The summed E-state index contributed by atoms with van der Waals surface area (Å²) in [7, 11) is 0. The molecule has 0 spiro atoms. The largest absolute Gasteiger partial charge is 0.336 e. The van der Waals surface area contributed by atoms with E-state index in [0.29, 0.717) is 15.7 Å². The molecule has 0 radical (unpaired) electrons. The van der Waals surface area contributed by atoms with Gasteiger partial charge in [0.05, 0.1) is 10.6 Å². The van der Waals surface area contributed by atoms with Crippen LogP contribution in [-0.4, -0.2) is 52.9 Å². The number of pyridine rings is 1. The predicted molar refractivity (Wildman–Crippen MR) is 84.0 cm³/mol. The van der Waals surface area contributed by atoms with E-state index in [0.717, 1.165) is 32.2 Å². The van der Waals surface area contributed by atoms with Crippen molar-refractivity contribution >= 4 is 29.1 Å². The lowest BCUT2D eigenvalue weighted by atomic mass is 10.1. The van der Waals surface area contributed by atoms with Gasteiger partial charge in [-0.2, -0.15) is 0 Å². The number of carbonyl (C=O) groups excluding carboxylic acids is 1. The van der Waals surface area contributed by atoms with Crippen LogP contribution in [0.2, 0.25) is 10.2 Å². The first-order valence-corrected chi connectivity index (χ1v) is 8.25. The smallest absolute Gasteiger partial charge is 0.255 e. The molecule has 2 aliphatic rings. The summed E-state index contributed by atoms with van der Waals surface area (Å²) in [6.45, 7) is 3.41. The van der Waals surface area contributed by atoms with Crippen LogP contribution in [0, 0.1) is 0 Å². The summed E-state index contributed by atoms with van der Waals surface area (Å²) in [5.41, 5.74) is 0.450. The number of nitrogens with zero attached hydrogens (tertiary/aromatic N) is 3. The summed E-state index contributed by atoms with van der Waals surface area (Å²) in [4.78, 5) is 20.8. The predicted octanol–water partition coefficient (Wildman–Crippen LogP) is 3.09. The highest BCUT2D eigenvalue weighted by Crippen LogP contribution is 2.25. The number of aromatic nitrogens is 1. The SMILES string of the molecule is O=C(c1cc(Cl)ncc1Cl)N1CCN(C2CCCC2)CC1. The Morgan fingerprint density at radius 2 is 1.81 bits per heavy atom. The zero-order valence-corrected chi connectivity index (χ0v) is 13.4. The molecule has 1 amide bonds. The first-order valence-electron chi connectivity index (χ1n) is 7.49. The van der Waals surface area contributed by atoms with Crippen molar-refractivity contribution < 1.29 is 4.79 Å². The fraction of sp³-hybridized carbons (Fsp3) is 0.600. The number of halogens is 2. The Kier molecular flexibility index (Phi) is 4.67. The molecule has 0 bridgehead atoms. The summed E-state index contributed by atoms with van der Waals surface area (Å²) >= 11 is 11.9. The highest BCUT2D eigenvalue weighted by Gasteiger charge is 2.28. The van der Waals surface area contributed by atoms with Gasteiger partial charge < -0.3 is 4.90 Å². The standard InChI is InChI=1S/C15H19Cl2N3O/c16-13-10-18-14(17)9-12(13)15(21)20-7-5-19(6-8-20)11-3-1-2-4-11/h9-11H,1-8H2. The summed E-state index contributed by atoms with van der Waals surface area (Å²) in [5, 5.41) is 0.662. The highest BCUT2D eigenvalue weighted by atomic mass is 35.5. The van der Waals surface area contributed by atoms with Crippen molar-refractivity contribution in [3.63, 3.8) is 0 Å². The minimum absolute atomic E-state index is 0.0460. The van der Waals surface area contributed by atoms with Crippen molar-refractivity contribution in [1.29, 1.82) is 0 Å². The third-order valence-corrected chi connectivity index (χ3v) is 5.00. The van der Waals surface area contributed by atoms with Gasteiger partial charge in [-0.25, -0.2) is 4.98 Å². The summed E-state index contributed by atoms with van der Waals surface area (Å²) in [6, 6.07) is 2.27. The molecule has 21 heavy (non-hydrogen) atoms. The normalized spacial score (nSPS) is 21.0. The molecule has 0 aromatic carbocycles. The summed E-state index contributed by atoms with van der Waals surface area (Å²) < 4.78 is 0. The fourth-order valence-electron chi connectivity index (χ4n) is 3.31. The lowest BCUT2D eigenvalue weighted by molar-refractivity contribution is 0.0573. The van der Waals surface area contributed by atoms with E-state index < -0.39 is 0 Å². The maximum atomic E-state index is 12.5. The zero-order chi connectivity index (χ0) is 14.8. The van der Waals surface area contributed by atoms with Crippen LogP contribution in [-0.2, 0) is 0 Å². The molecule has 2 fully saturated rings. The maximum Gasteiger partial charge on any atom is 0.255 e. The van der Waals surface area contributed by atoms with Crippen LogP contribution in [0.4, 0.5) is 0 Å². The second-order valence-corrected chi connectivity index (χ2v) is 6.55. The van der Waals surface area contributed by atoms with Crippen LogP contribution >= 0.6 is 23.2 Å². The lowest BCUT2D eigenvalue weighted by Crippen LogP contribution is -2.51. The van der Waals surface area contributed by atoms with Gasteiger partial charge in [0.1, 0.15) is 5.15 Å². The van der Waals surface area contributed by atoms with Gasteiger partial charge in [0.25, 0.3) is 5.91 Å². The molecule has 1 aromatic heterocycles. The Hall–Kier alpha value is -0.840. The number of hydrogen-bond acceptors (Lipinski definition) is 3. The van der Waals surface area contributed by atoms with Crippen LogP contribution < -0.4 is 0 Å². The van der Waals surface area contributed by atoms with Crippen LogP contribution in [0.25, 0.3) is 0 Å². The second kappa shape index (κ2) is 6.51. The fourth-order valence-corrected chi connectivity index (χ4v) is 3.65. The van der Waals surface area contributed by atoms with Gasteiger partial charge >= 0.3 is 0 Å². The first-order chi connectivity index (χ1) is 10.1. The molecule has 1 aliphatic heterocycles. The zero-order valence-electron chi connectivity index (χ0n) is 11.9. The van der Waals surface area contributed by atoms with Gasteiger partial charge in [0.15, 0.2) is 0 Å². The third kappa shape index (κ3) is 3.33. The molecular weight excluding hydrogens is 309 g/mol. The number of hydrogen-bond donors (Lipinski definition) is 0. The third-order valence-electron chi connectivity index (χ3n) is 4.49. The Labute approximate surface area is 135 Å². The molecule has 114 valence electrons. The van der Waals surface area contributed by atoms with E-state index in [1.165, 1.54) is 31.9 Å². The van der Waals surface area contributed by atoms with Crippen molar-refractivity contribution in [2.75, 3.05) is 26.2 Å². The first kappa shape index (κ1) is 15.1. The summed E-state index contributed by atoms with van der Waals surface area (Å²) in [5.74, 6) is -0.0460. The van der Waals surface area contributed by atoms with Crippen molar-refractivity contribution in [2.24, 2.45) is 0 Å². The van der Waals surface area contributed by atoms with Gasteiger partial charge in [0.2, 0.25) is 0 Å². The lowest BCUT2D eigenvalue weighted by Gasteiger charge is -2.38. The van der Waals surface area contributed by atoms with Crippen molar-refractivity contribution in [1.82, 2.24) is 14.8 Å². The Morgan fingerprint density at radius 3 is 2.48 bits per heavy atom. The van der Waals surface area contributed by atoms with E-state index >= 15 is 0 Å². The van der Waals surface area contributed by atoms with Crippen LogP contribution in [0.15, 0.2) is 12.3 Å². The van der Waals surface area contributed by atoms with E-state index in [1.54, 1.807) is 6.07 Å². The Morgan fingerprint density at radius 1 is 1.14 bits per heavy atom. The van der Waals surface area contributed by atoms with Gasteiger partial charge in [0, 0.05) is 38.4 Å². The van der Waals surface area contributed by atoms with Crippen LogP contribution in [0.3, 0.4) is 0 Å². The average molecular weight is 328 g/mol. The van der Waals surface area contributed by atoms with Crippen molar-refractivity contribution in [3.05, 3.63) is 28.0 Å². The summed E-state index contributed by atoms with van der Waals surface area (Å²) in [6.07, 6.45) is 6.73. The van der Waals surface area contributed by atoms with Crippen LogP contribution in [0.1, 0.15) is 36.0 Å². The molecule has 1 aromatic rings. The second-order valence-electron chi connectivity index (χ2n) is 5.75. The highest BCUT2D eigenvalue weighted by molar-refractivity contribution is 6.35. The molecule has 1 saturated heterocycles. The van der Waals surface area contributed by atoms with Gasteiger partial charge in [-0.15, -0.1) is 0 Å². The minimum Gasteiger partial charge on any atom is -0.336 e. The Bertz CT molecular complexity index is 524. The minimum atomic E-state index is -0.0460. The maximum absolute atomic E-state index is 12.5. The molecule has 1 aliphatic carbocycles.